The predicted molar refractivity (Wildman–Crippen MR) is 120 cm³/mol. The molecule has 0 spiro atoms. The highest BCUT2D eigenvalue weighted by Crippen LogP contribution is 2.16. The maximum atomic E-state index is 12.8. The van der Waals surface area contributed by atoms with Gasteiger partial charge in [0.1, 0.15) is 5.78 Å². The average molecular weight is 436 g/mol. The molecule has 0 unspecified atom stereocenters. The third-order valence-electron chi connectivity index (χ3n) is 5.11. The van der Waals surface area contributed by atoms with Crippen LogP contribution in [0.5, 0.6) is 0 Å². The van der Waals surface area contributed by atoms with Crippen molar-refractivity contribution in [1.29, 1.82) is 0 Å². The second kappa shape index (κ2) is 9.14. The number of carbonyl (C=O) groups excluding carboxylic acids is 1. The van der Waals surface area contributed by atoms with Crippen LogP contribution in [-0.2, 0) is 17.8 Å². The summed E-state index contributed by atoms with van der Waals surface area (Å²) in [5.74, 6) is 0.158. The number of Topliss-reactive ketones (excluding diaryl/α,β-unsaturated/α-hetero) is 1. The van der Waals surface area contributed by atoms with Crippen LogP contribution >= 0.6 is 11.6 Å². The van der Waals surface area contributed by atoms with E-state index in [-0.39, 0.29) is 11.3 Å². The second-order valence-corrected chi connectivity index (χ2v) is 7.76. The number of hydrogen-bond donors (Lipinski definition) is 1. The number of carbonyl (C=O) groups is 1. The van der Waals surface area contributed by atoms with Crippen LogP contribution in [-0.4, -0.2) is 30.3 Å². The molecular formula is C23H22ClN5O2. The largest absolute Gasteiger partial charge is 0.300 e. The quantitative estimate of drug-likeness (QED) is 0.453. The Morgan fingerprint density at radius 3 is 2.81 bits per heavy atom. The van der Waals surface area contributed by atoms with Gasteiger partial charge in [0.2, 0.25) is 0 Å². The molecule has 1 aromatic carbocycles. The van der Waals surface area contributed by atoms with Gasteiger partial charge in [0.05, 0.1) is 22.0 Å². The van der Waals surface area contributed by atoms with E-state index in [1.807, 2.05) is 37.3 Å². The summed E-state index contributed by atoms with van der Waals surface area (Å²) >= 11 is 6.00. The van der Waals surface area contributed by atoms with Gasteiger partial charge in [-0.3, -0.25) is 24.4 Å². The van der Waals surface area contributed by atoms with Crippen LogP contribution in [0.4, 0.5) is 0 Å². The van der Waals surface area contributed by atoms with Gasteiger partial charge in [-0.2, -0.15) is 5.10 Å². The summed E-state index contributed by atoms with van der Waals surface area (Å²) in [5.41, 5.74) is 3.66. The van der Waals surface area contributed by atoms with Crippen molar-refractivity contribution < 1.29 is 4.79 Å². The Balaban J connectivity index is 1.40. The standard InChI is InChI=1S/C23H22ClN5O2/c1-16-22(24)15-28(27-16)11-9-20(30)8-7-17-4-2-6-19(12-17)29-23(31)21(14-26-29)18-5-3-10-25-13-18/h2-6,10,12-15,26H,7-9,11H2,1H3. The van der Waals surface area contributed by atoms with Crippen LogP contribution in [0.25, 0.3) is 16.8 Å². The fraction of sp³-hybridized carbons (Fsp3) is 0.217. The monoisotopic (exact) mass is 435 g/mol. The van der Waals surface area contributed by atoms with E-state index in [4.69, 9.17) is 11.6 Å². The third kappa shape index (κ3) is 4.83. The molecule has 4 aromatic rings. The molecule has 3 aromatic heterocycles. The fourth-order valence-electron chi connectivity index (χ4n) is 3.40. The maximum absolute atomic E-state index is 12.8. The Morgan fingerprint density at radius 1 is 1.19 bits per heavy atom. The third-order valence-corrected chi connectivity index (χ3v) is 5.48. The Bertz CT molecular complexity index is 1240. The van der Waals surface area contributed by atoms with Crippen LogP contribution in [0.2, 0.25) is 5.02 Å². The van der Waals surface area contributed by atoms with Crippen LogP contribution in [0, 0.1) is 6.92 Å². The van der Waals surface area contributed by atoms with E-state index in [1.54, 1.807) is 35.5 Å². The Hall–Kier alpha value is -3.45. The molecule has 4 rings (SSSR count). The smallest absolute Gasteiger partial charge is 0.279 e. The van der Waals surface area contributed by atoms with Crippen molar-refractivity contribution in [2.75, 3.05) is 0 Å². The highest BCUT2D eigenvalue weighted by Gasteiger charge is 2.11. The Morgan fingerprint density at radius 2 is 2.06 bits per heavy atom. The van der Waals surface area contributed by atoms with E-state index in [1.165, 1.54) is 4.68 Å². The van der Waals surface area contributed by atoms with Gasteiger partial charge >= 0.3 is 0 Å². The first-order chi connectivity index (χ1) is 15.0. The van der Waals surface area contributed by atoms with Gasteiger partial charge in [0.15, 0.2) is 0 Å². The van der Waals surface area contributed by atoms with E-state index in [2.05, 4.69) is 15.2 Å². The zero-order valence-electron chi connectivity index (χ0n) is 17.1. The number of aromatic amines is 1. The summed E-state index contributed by atoms with van der Waals surface area (Å²) in [6, 6.07) is 11.3. The van der Waals surface area contributed by atoms with Gasteiger partial charge in [0.25, 0.3) is 5.56 Å². The lowest BCUT2D eigenvalue weighted by Gasteiger charge is -2.06. The van der Waals surface area contributed by atoms with Gasteiger partial charge in [-0.1, -0.05) is 29.8 Å². The molecule has 0 aliphatic rings. The SMILES string of the molecule is Cc1nn(CCC(=O)CCc2cccc(-n3[nH]cc(-c4cccnc4)c3=O)c2)cc1Cl. The Labute approximate surface area is 184 Å². The molecular weight excluding hydrogens is 414 g/mol. The maximum Gasteiger partial charge on any atom is 0.279 e. The lowest BCUT2D eigenvalue weighted by molar-refractivity contribution is -0.119. The summed E-state index contributed by atoms with van der Waals surface area (Å²) in [6.45, 7) is 2.35. The summed E-state index contributed by atoms with van der Waals surface area (Å²) < 4.78 is 3.20. The van der Waals surface area contributed by atoms with E-state index >= 15 is 0 Å². The average Bonchev–Trinajstić information content (AvgIpc) is 3.33. The highest BCUT2D eigenvalue weighted by atomic mass is 35.5. The number of nitrogens with zero attached hydrogens (tertiary/aromatic N) is 4. The molecule has 0 amide bonds. The van der Waals surface area contributed by atoms with Crippen molar-refractivity contribution in [2.24, 2.45) is 0 Å². The van der Waals surface area contributed by atoms with Crippen molar-refractivity contribution in [3.8, 4) is 16.8 Å². The number of benzene rings is 1. The van der Waals surface area contributed by atoms with Crippen molar-refractivity contribution >= 4 is 17.4 Å². The number of rotatable bonds is 8. The molecule has 0 aliphatic carbocycles. The number of pyridine rings is 1. The van der Waals surface area contributed by atoms with Gasteiger partial charge in [-0.15, -0.1) is 0 Å². The topological polar surface area (TPSA) is 85.6 Å². The molecule has 0 bridgehead atoms. The molecule has 0 saturated carbocycles. The van der Waals surface area contributed by atoms with Crippen molar-refractivity contribution in [3.05, 3.63) is 87.8 Å². The minimum absolute atomic E-state index is 0.144. The van der Waals surface area contributed by atoms with Gasteiger partial charge in [0, 0.05) is 49.7 Å². The number of H-pyrrole nitrogens is 1. The number of ketones is 1. The first-order valence-electron chi connectivity index (χ1n) is 10.0. The first kappa shape index (κ1) is 20.8. The summed E-state index contributed by atoms with van der Waals surface area (Å²) in [5, 5.41) is 7.89. The van der Waals surface area contributed by atoms with Crippen LogP contribution in [0.3, 0.4) is 0 Å². The molecule has 0 fully saturated rings. The molecule has 3 heterocycles. The van der Waals surface area contributed by atoms with Crippen LogP contribution < -0.4 is 5.56 Å². The van der Waals surface area contributed by atoms with Crippen molar-refractivity contribution in [3.63, 3.8) is 0 Å². The molecule has 7 nitrogen and oxygen atoms in total. The Kier molecular flexibility index (Phi) is 6.13. The number of aryl methyl sites for hydroxylation is 3. The van der Waals surface area contributed by atoms with E-state index < -0.39 is 0 Å². The highest BCUT2D eigenvalue weighted by molar-refractivity contribution is 6.31. The normalized spacial score (nSPS) is 11.0. The summed E-state index contributed by atoms with van der Waals surface area (Å²) in [6.07, 6.45) is 8.19. The van der Waals surface area contributed by atoms with Crippen LogP contribution in [0.15, 0.2) is 66.0 Å². The molecule has 0 saturated heterocycles. The van der Waals surface area contributed by atoms with E-state index in [9.17, 15) is 9.59 Å². The van der Waals surface area contributed by atoms with E-state index in [0.717, 1.165) is 22.5 Å². The summed E-state index contributed by atoms with van der Waals surface area (Å²) in [7, 11) is 0. The molecule has 0 atom stereocenters. The molecule has 158 valence electrons. The van der Waals surface area contributed by atoms with Gasteiger partial charge in [-0.05, 0) is 37.1 Å². The lowest BCUT2D eigenvalue weighted by atomic mass is 10.1. The second-order valence-electron chi connectivity index (χ2n) is 7.35. The van der Waals surface area contributed by atoms with Crippen molar-refractivity contribution in [2.45, 2.75) is 32.7 Å². The molecule has 8 heteroatoms. The molecule has 0 radical (unpaired) electrons. The number of hydrogen-bond acceptors (Lipinski definition) is 4. The fourth-order valence-corrected chi connectivity index (χ4v) is 3.55. The predicted octanol–water partition coefficient (Wildman–Crippen LogP) is 3.98. The summed E-state index contributed by atoms with van der Waals surface area (Å²) in [4.78, 5) is 29.2. The first-order valence-corrected chi connectivity index (χ1v) is 10.4. The molecule has 0 aliphatic heterocycles. The number of nitrogens with one attached hydrogen (secondary N) is 1. The minimum Gasteiger partial charge on any atom is -0.300 e. The van der Waals surface area contributed by atoms with Crippen LogP contribution in [0.1, 0.15) is 24.1 Å². The number of aromatic nitrogens is 5. The number of halogens is 1. The molecule has 31 heavy (non-hydrogen) atoms. The minimum atomic E-state index is -0.144. The zero-order valence-corrected chi connectivity index (χ0v) is 17.8. The van der Waals surface area contributed by atoms with Gasteiger partial charge in [-0.25, -0.2) is 4.68 Å². The molecule has 1 N–H and O–H groups in total. The van der Waals surface area contributed by atoms with Crippen molar-refractivity contribution in [1.82, 2.24) is 24.5 Å². The van der Waals surface area contributed by atoms with Gasteiger partial charge < -0.3 is 0 Å². The lowest BCUT2D eigenvalue weighted by Crippen LogP contribution is -2.16. The van der Waals surface area contributed by atoms with E-state index in [0.29, 0.717) is 36.4 Å². The zero-order chi connectivity index (χ0) is 21.8.